The van der Waals surface area contributed by atoms with Crippen LogP contribution in [0.1, 0.15) is 48.2 Å². The Morgan fingerprint density at radius 3 is 2.77 bits per heavy atom. The Morgan fingerprint density at radius 2 is 1.97 bits per heavy atom. The van der Waals surface area contributed by atoms with Crippen LogP contribution >= 0.6 is 11.8 Å². The maximum Gasteiger partial charge on any atom is 0.290 e. The topological polar surface area (TPSA) is 71.8 Å². The number of likely N-dealkylation sites (tertiary alicyclic amines) is 1. The summed E-state index contributed by atoms with van der Waals surface area (Å²) in [5.74, 6) is 0.841. The fourth-order valence-corrected chi connectivity index (χ4v) is 5.14. The van der Waals surface area contributed by atoms with Crippen LogP contribution in [0.5, 0.6) is 0 Å². The Labute approximate surface area is 181 Å². The Bertz CT molecular complexity index is 849. The van der Waals surface area contributed by atoms with Crippen molar-refractivity contribution in [2.75, 3.05) is 25.1 Å². The van der Waals surface area contributed by atoms with Gasteiger partial charge < -0.3 is 19.4 Å². The van der Waals surface area contributed by atoms with Gasteiger partial charge in [0.25, 0.3) is 5.91 Å². The first-order valence-electron chi connectivity index (χ1n) is 10.6. The number of rotatable bonds is 6. The minimum absolute atomic E-state index is 0.135. The number of carbonyl (C=O) groups is 2. The van der Waals surface area contributed by atoms with Crippen LogP contribution in [0.15, 0.2) is 47.1 Å². The van der Waals surface area contributed by atoms with E-state index in [0.29, 0.717) is 18.2 Å². The monoisotopic (exact) mass is 428 g/mol. The molecule has 2 aliphatic heterocycles. The van der Waals surface area contributed by atoms with Crippen LogP contribution in [-0.4, -0.2) is 47.8 Å². The maximum absolute atomic E-state index is 13.0. The van der Waals surface area contributed by atoms with E-state index in [2.05, 4.69) is 11.4 Å². The molecule has 2 aromatic rings. The highest BCUT2D eigenvalue weighted by molar-refractivity contribution is 7.99. The largest absolute Gasteiger partial charge is 0.459 e. The minimum atomic E-state index is -0.475. The third kappa shape index (κ3) is 5.26. The zero-order valence-corrected chi connectivity index (χ0v) is 17.9. The fourth-order valence-electron chi connectivity index (χ4n) is 4.01. The molecule has 0 spiro atoms. The quantitative estimate of drug-likeness (QED) is 0.742. The van der Waals surface area contributed by atoms with Gasteiger partial charge in [-0.25, -0.2) is 0 Å². The van der Waals surface area contributed by atoms with Crippen molar-refractivity contribution in [1.82, 2.24) is 4.90 Å². The molecule has 0 bridgehead atoms. The second kappa shape index (κ2) is 10.2. The van der Waals surface area contributed by atoms with Crippen LogP contribution in [0.4, 0.5) is 5.69 Å². The summed E-state index contributed by atoms with van der Waals surface area (Å²) in [6, 6.07) is 10.9. The summed E-state index contributed by atoms with van der Waals surface area (Å²) in [5, 5.41) is 3.67. The Morgan fingerprint density at radius 1 is 1.10 bits per heavy atom. The highest BCUT2D eigenvalue weighted by Gasteiger charge is 2.33. The van der Waals surface area contributed by atoms with Gasteiger partial charge in [-0.15, -0.1) is 0 Å². The second-order valence-electron chi connectivity index (χ2n) is 7.80. The number of piperidine rings is 1. The molecule has 3 heterocycles. The van der Waals surface area contributed by atoms with Gasteiger partial charge in [-0.2, -0.15) is 11.8 Å². The van der Waals surface area contributed by atoms with Crippen molar-refractivity contribution in [2.45, 2.75) is 49.1 Å². The van der Waals surface area contributed by atoms with Gasteiger partial charge in [0.2, 0.25) is 5.91 Å². The summed E-state index contributed by atoms with van der Waals surface area (Å²) in [7, 11) is 0. The number of hydrogen-bond acceptors (Lipinski definition) is 5. The third-order valence-corrected chi connectivity index (χ3v) is 7.09. The Kier molecular flexibility index (Phi) is 7.12. The van der Waals surface area contributed by atoms with E-state index in [4.69, 9.17) is 9.15 Å². The molecule has 2 saturated heterocycles. The molecule has 4 rings (SSSR count). The van der Waals surface area contributed by atoms with E-state index in [1.807, 2.05) is 30.0 Å². The van der Waals surface area contributed by atoms with Crippen molar-refractivity contribution in [3.8, 4) is 0 Å². The van der Waals surface area contributed by atoms with Crippen LogP contribution in [0.2, 0.25) is 0 Å². The number of nitrogens with one attached hydrogen (secondary N) is 1. The summed E-state index contributed by atoms with van der Waals surface area (Å²) < 4.78 is 10.7. The first-order valence-corrected chi connectivity index (χ1v) is 11.7. The minimum Gasteiger partial charge on any atom is -0.459 e. The molecule has 1 aromatic heterocycles. The number of amides is 2. The van der Waals surface area contributed by atoms with E-state index >= 15 is 0 Å². The molecule has 0 saturated carbocycles. The molecule has 6 nitrogen and oxygen atoms in total. The van der Waals surface area contributed by atoms with Crippen LogP contribution in [0, 0.1) is 0 Å². The summed E-state index contributed by atoms with van der Waals surface area (Å²) >= 11 is 1.95. The van der Waals surface area contributed by atoms with Gasteiger partial charge in [0.1, 0.15) is 6.04 Å². The molecule has 2 aliphatic rings. The smallest absolute Gasteiger partial charge is 0.290 e. The lowest BCUT2D eigenvalue weighted by atomic mass is 10.0. The molecule has 7 heteroatoms. The average Bonchev–Trinajstić information content (AvgIpc) is 3.33. The van der Waals surface area contributed by atoms with Crippen LogP contribution < -0.4 is 5.32 Å². The lowest BCUT2D eigenvalue weighted by molar-refractivity contribution is -0.121. The van der Waals surface area contributed by atoms with Gasteiger partial charge in [-0.3, -0.25) is 9.59 Å². The number of hydrogen-bond donors (Lipinski definition) is 1. The average molecular weight is 429 g/mol. The number of carbonyl (C=O) groups excluding carboxylic acids is 2. The molecule has 1 atom stereocenters. The van der Waals surface area contributed by atoms with E-state index < -0.39 is 6.04 Å². The molecule has 2 amide bonds. The lowest BCUT2D eigenvalue weighted by Gasteiger charge is -2.34. The van der Waals surface area contributed by atoms with Gasteiger partial charge in [-0.1, -0.05) is 12.1 Å². The van der Waals surface area contributed by atoms with Gasteiger partial charge >= 0.3 is 0 Å². The fraction of sp³-hybridized carbons (Fsp3) is 0.478. The maximum atomic E-state index is 13.0. The summed E-state index contributed by atoms with van der Waals surface area (Å²) in [6.45, 7) is 2.27. The van der Waals surface area contributed by atoms with Crippen molar-refractivity contribution in [1.29, 1.82) is 0 Å². The second-order valence-corrected chi connectivity index (χ2v) is 9.09. The van der Waals surface area contributed by atoms with Gasteiger partial charge in [0.15, 0.2) is 5.76 Å². The van der Waals surface area contributed by atoms with Crippen molar-refractivity contribution < 1.29 is 18.7 Å². The predicted molar refractivity (Wildman–Crippen MR) is 118 cm³/mol. The molecule has 30 heavy (non-hydrogen) atoms. The summed E-state index contributed by atoms with van der Waals surface area (Å²) in [6.07, 6.45) is 6.18. The van der Waals surface area contributed by atoms with Crippen LogP contribution in [0.3, 0.4) is 0 Å². The molecule has 1 unspecified atom stereocenters. The predicted octanol–water partition coefficient (Wildman–Crippen LogP) is 4.33. The molecule has 0 radical (unpaired) electrons. The number of thioether (sulfide) groups is 1. The zero-order chi connectivity index (χ0) is 20.8. The first kappa shape index (κ1) is 21.0. The van der Waals surface area contributed by atoms with Gasteiger partial charge in [0.05, 0.1) is 6.26 Å². The molecule has 1 N–H and O–H groups in total. The summed E-state index contributed by atoms with van der Waals surface area (Å²) in [5.41, 5.74) is 1.97. The van der Waals surface area contributed by atoms with E-state index in [-0.39, 0.29) is 17.6 Å². The molecular formula is C23H28N2O4S. The molecule has 0 aliphatic carbocycles. The van der Waals surface area contributed by atoms with E-state index in [1.165, 1.54) is 11.8 Å². The molecular weight excluding hydrogens is 400 g/mol. The zero-order valence-electron chi connectivity index (χ0n) is 17.0. The van der Waals surface area contributed by atoms with Gasteiger partial charge in [0, 0.05) is 36.4 Å². The van der Waals surface area contributed by atoms with E-state index in [0.717, 1.165) is 50.3 Å². The van der Waals surface area contributed by atoms with Crippen molar-refractivity contribution in [3.63, 3.8) is 0 Å². The number of anilines is 1. The first-order chi connectivity index (χ1) is 14.7. The van der Waals surface area contributed by atoms with Crippen LogP contribution in [-0.2, 0) is 15.3 Å². The van der Waals surface area contributed by atoms with Crippen LogP contribution in [0.25, 0.3) is 0 Å². The van der Waals surface area contributed by atoms with E-state index in [9.17, 15) is 9.59 Å². The number of nitrogens with zero attached hydrogens (tertiary/aromatic N) is 1. The Hall–Kier alpha value is -2.25. The van der Waals surface area contributed by atoms with Crippen molar-refractivity contribution >= 4 is 29.3 Å². The molecule has 2 fully saturated rings. The third-order valence-electron chi connectivity index (χ3n) is 5.65. The highest BCUT2D eigenvalue weighted by Crippen LogP contribution is 2.27. The lowest BCUT2D eigenvalue weighted by Crippen LogP contribution is -2.49. The normalized spacial score (nSPS) is 20.1. The summed E-state index contributed by atoms with van der Waals surface area (Å²) in [4.78, 5) is 27.4. The number of benzene rings is 1. The SMILES string of the molecule is O=C(Nc1cccc(CSC2CCOCC2)c1)C1CCCCN1C(=O)c1ccco1. The Balaban J connectivity index is 1.37. The highest BCUT2D eigenvalue weighted by atomic mass is 32.2. The van der Waals surface area contributed by atoms with Crippen molar-refractivity contribution in [2.24, 2.45) is 0 Å². The molecule has 1 aromatic carbocycles. The van der Waals surface area contributed by atoms with E-state index in [1.54, 1.807) is 17.0 Å². The molecule has 160 valence electrons. The van der Waals surface area contributed by atoms with Crippen molar-refractivity contribution in [3.05, 3.63) is 54.0 Å². The van der Waals surface area contributed by atoms with Gasteiger partial charge in [-0.05, 0) is 61.9 Å². The number of ether oxygens (including phenoxy) is 1. The standard InChI is InChI=1S/C23H28N2O4S/c26-22(20-7-1-2-11-25(20)23(27)21-8-4-12-29-21)24-18-6-3-5-17(15-18)16-30-19-9-13-28-14-10-19/h3-6,8,12,15,19-20H,1-2,7,9-11,13-14,16H2,(H,24,26). The number of furan rings is 1.